The highest BCUT2D eigenvalue weighted by molar-refractivity contribution is 5.94. The van der Waals surface area contributed by atoms with Crippen LogP contribution < -0.4 is 4.74 Å². The number of methoxy groups -OCH3 is 1. The Labute approximate surface area is 176 Å². The monoisotopic (exact) mass is 412 g/mol. The van der Waals surface area contributed by atoms with Crippen molar-refractivity contribution in [2.75, 3.05) is 13.7 Å². The van der Waals surface area contributed by atoms with Crippen LogP contribution in [0.4, 0.5) is 4.39 Å². The van der Waals surface area contributed by atoms with E-state index >= 15 is 0 Å². The number of nitrogens with zero attached hydrogens (tertiary/aromatic N) is 4. The van der Waals surface area contributed by atoms with Gasteiger partial charge in [0.1, 0.15) is 11.3 Å². The summed E-state index contributed by atoms with van der Waals surface area (Å²) in [5.74, 6) is 0.576. The molecular formula is C23H29FN4O2. The van der Waals surface area contributed by atoms with E-state index < -0.39 is 5.82 Å². The highest BCUT2D eigenvalue weighted by Crippen LogP contribution is 2.21. The zero-order valence-corrected chi connectivity index (χ0v) is 18.1. The maximum atomic E-state index is 14.2. The average Bonchev–Trinajstić information content (AvgIpc) is 3.08. The predicted molar refractivity (Wildman–Crippen MR) is 115 cm³/mol. The molecule has 6 nitrogen and oxygen atoms in total. The Morgan fingerprint density at radius 3 is 2.77 bits per heavy atom. The zero-order valence-electron chi connectivity index (χ0n) is 18.1. The molecular weight excluding hydrogens is 383 g/mol. The number of ether oxygens (including phenoxy) is 1. The number of amides is 1. The van der Waals surface area contributed by atoms with Crippen LogP contribution in [0.2, 0.25) is 0 Å². The number of halogens is 1. The molecule has 7 heteroatoms. The molecule has 30 heavy (non-hydrogen) atoms. The molecule has 0 bridgehead atoms. The van der Waals surface area contributed by atoms with E-state index in [1.54, 1.807) is 17.2 Å². The van der Waals surface area contributed by atoms with E-state index in [2.05, 4.69) is 30.3 Å². The molecule has 0 aliphatic rings. The van der Waals surface area contributed by atoms with Crippen molar-refractivity contribution in [2.45, 2.75) is 46.7 Å². The topological polar surface area (TPSA) is 60.2 Å². The standard InChI is InChI=1S/C23H29FN4O2/c1-5-12-28-21(26-19-7-6-11-25-22(19)28)15-27(13-10-16(2)3)23(29)17-8-9-20(30-4)18(24)14-17/h6-9,11,14,16H,5,10,12-13,15H2,1-4H3. The van der Waals surface area contributed by atoms with Gasteiger partial charge in [0.25, 0.3) is 5.91 Å². The van der Waals surface area contributed by atoms with Crippen molar-refractivity contribution in [1.82, 2.24) is 19.4 Å². The predicted octanol–water partition coefficient (Wildman–Crippen LogP) is 4.68. The summed E-state index contributed by atoms with van der Waals surface area (Å²) >= 11 is 0. The van der Waals surface area contributed by atoms with Gasteiger partial charge in [-0.05, 0) is 49.1 Å². The largest absolute Gasteiger partial charge is 0.494 e. The number of hydrogen-bond acceptors (Lipinski definition) is 4. The lowest BCUT2D eigenvalue weighted by atomic mass is 10.1. The lowest BCUT2D eigenvalue weighted by molar-refractivity contribution is 0.0728. The summed E-state index contributed by atoms with van der Waals surface area (Å²) in [6.07, 6.45) is 3.52. The van der Waals surface area contributed by atoms with Crippen molar-refractivity contribution < 1.29 is 13.9 Å². The molecule has 0 aliphatic heterocycles. The molecule has 1 amide bonds. The first-order valence-corrected chi connectivity index (χ1v) is 10.4. The molecule has 0 unspecified atom stereocenters. The Kier molecular flexibility index (Phi) is 7.03. The van der Waals surface area contributed by atoms with Crippen molar-refractivity contribution in [1.29, 1.82) is 0 Å². The van der Waals surface area contributed by atoms with Gasteiger partial charge in [-0.1, -0.05) is 20.8 Å². The van der Waals surface area contributed by atoms with Crippen molar-refractivity contribution in [3.8, 4) is 5.75 Å². The maximum absolute atomic E-state index is 14.2. The fourth-order valence-electron chi connectivity index (χ4n) is 3.40. The fraction of sp³-hybridized carbons (Fsp3) is 0.435. The third kappa shape index (κ3) is 4.78. The quantitative estimate of drug-likeness (QED) is 0.512. The van der Waals surface area contributed by atoms with Crippen molar-refractivity contribution in [3.63, 3.8) is 0 Å². The average molecular weight is 413 g/mol. The number of rotatable bonds is 9. The number of imidazole rings is 1. The Morgan fingerprint density at radius 2 is 2.10 bits per heavy atom. The summed E-state index contributed by atoms with van der Waals surface area (Å²) in [5.41, 5.74) is 1.93. The van der Waals surface area contributed by atoms with E-state index in [9.17, 15) is 9.18 Å². The number of carbonyl (C=O) groups excluding carboxylic acids is 1. The Bertz CT molecular complexity index is 1020. The number of pyridine rings is 1. The molecule has 1 aromatic carbocycles. The lowest BCUT2D eigenvalue weighted by Gasteiger charge is -2.24. The molecule has 0 atom stereocenters. The second-order valence-electron chi connectivity index (χ2n) is 7.78. The van der Waals surface area contributed by atoms with Crippen LogP contribution in [-0.2, 0) is 13.1 Å². The SMILES string of the molecule is CCCn1c(CN(CCC(C)C)C(=O)c2ccc(OC)c(F)c2)nc2cccnc21. The van der Waals surface area contributed by atoms with Crippen LogP contribution in [0, 0.1) is 11.7 Å². The van der Waals surface area contributed by atoms with Crippen LogP contribution in [0.1, 0.15) is 49.8 Å². The third-order valence-electron chi connectivity index (χ3n) is 5.02. The molecule has 0 fully saturated rings. The van der Waals surface area contributed by atoms with Gasteiger partial charge < -0.3 is 14.2 Å². The zero-order chi connectivity index (χ0) is 21.7. The minimum atomic E-state index is -0.547. The van der Waals surface area contributed by atoms with Gasteiger partial charge in [0.2, 0.25) is 0 Å². The number of hydrogen-bond donors (Lipinski definition) is 0. The fourth-order valence-corrected chi connectivity index (χ4v) is 3.40. The summed E-state index contributed by atoms with van der Waals surface area (Å²) in [4.78, 5) is 24.2. The van der Waals surface area contributed by atoms with Gasteiger partial charge >= 0.3 is 0 Å². The Balaban J connectivity index is 1.94. The van der Waals surface area contributed by atoms with E-state index in [0.29, 0.717) is 24.6 Å². The molecule has 0 radical (unpaired) electrons. The lowest BCUT2D eigenvalue weighted by Crippen LogP contribution is -2.33. The van der Waals surface area contributed by atoms with Crippen molar-refractivity contribution in [2.24, 2.45) is 5.92 Å². The second kappa shape index (κ2) is 9.69. The maximum Gasteiger partial charge on any atom is 0.254 e. The smallest absolute Gasteiger partial charge is 0.254 e. The molecule has 2 aromatic heterocycles. The van der Waals surface area contributed by atoms with Gasteiger partial charge in [0.05, 0.1) is 13.7 Å². The normalized spacial score (nSPS) is 11.3. The Morgan fingerprint density at radius 1 is 1.30 bits per heavy atom. The summed E-state index contributed by atoms with van der Waals surface area (Å²) in [7, 11) is 1.40. The van der Waals surface area contributed by atoms with Gasteiger partial charge in [-0.15, -0.1) is 0 Å². The first-order chi connectivity index (χ1) is 14.4. The molecule has 0 saturated carbocycles. The van der Waals surface area contributed by atoms with Crippen LogP contribution in [0.5, 0.6) is 5.75 Å². The van der Waals surface area contributed by atoms with Crippen molar-refractivity contribution in [3.05, 3.63) is 53.7 Å². The number of aromatic nitrogens is 3. The van der Waals surface area contributed by atoms with Crippen LogP contribution in [0.15, 0.2) is 36.5 Å². The van der Waals surface area contributed by atoms with Crippen LogP contribution in [0.25, 0.3) is 11.2 Å². The molecule has 2 heterocycles. The summed E-state index contributed by atoms with van der Waals surface area (Å²) in [6.45, 7) is 8.01. The Hall–Kier alpha value is -2.96. The molecule has 0 spiro atoms. The summed E-state index contributed by atoms with van der Waals surface area (Å²) < 4.78 is 21.2. The van der Waals surface area contributed by atoms with Crippen LogP contribution in [0.3, 0.4) is 0 Å². The minimum absolute atomic E-state index is 0.121. The van der Waals surface area contributed by atoms with Crippen LogP contribution in [-0.4, -0.2) is 39.0 Å². The molecule has 0 N–H and O–H groups in total. The van der Waals surface area contributed by atoms with E-state index in [1.807, 2.05) is 12.1 Å². The number of benzene rings is 1. The second-order valence-corrected chi connectivity index (χ2v) is 7.78. The van der Waals surface area contributed by atoms with Gasteiger partial charge in [0, 0.05) is 24.8 Å². The van der Waals surface area contributed by atoms with E-state index in [0.717, 1.165) is 36.4 Å². The number of aryl methyl sites for hydroxylation is 1. The van der Waals surface area contributed by atoms with Gasteiger partial charge in [-0.3, -0.25) is 4.79 Å². The minimum Gasteiger partial charge on any atom is -0.494 e. The van der Waals surface area contributed by atoms with Gasteiger partial charge in [-0.25, -0.2) is 14.4 Å². The number of fused-ring (bicyclic) bond motifs is 1. The van der Waals surface area contributed by atoms with E-state index in [1.165, 1.54) is 19.2 Å². The first-order valence-electron chi connectivity index (χ1n) is 10.4. The summed E-state index contributed by atoms with van der Waals surface area (Å²) in [5, 5.41) is 0. The first kappa shape index (κ1) is 21.7. The molecule has 160 valence electrons. The molecule has 3 rings (SSSR count). The van der Waals surface area contributed by atoms with Gasteiger partial charge in [-0.2, -0.15) is 0 Å². The third-order valence-corrected chi connectivity index (χ3v) is 5.02. The molecule has 0 aliphatic carbocycles. The van der Waals surface area contributed by atoms with Gasteiger partial charge in [0.15, 0.2) is 17.2 Å². The highest BCUT2D eigenvalue weighted by Gasteiger charge is 2.21. The molecule has 0 saturated heterocycles. The molecule has 3 aromatic rings. The summed E-state index contributed by atoms with van der Waals surface area (Å²) in [6, 6.07) is 8.11. The van der Waals surface area contributed by atoms with E-state index in [4.69, 9.17) is 9.72 Å². The van der Waals surface area contributed by atoms with E-state index in [-0.39, 0.29) is 11.7 Å². The van der Waals surface area contributed by atoms with Crippen molar-refractivity contribution >= 4 is 17.1 Å². The number of carbonyl (C=O) groups is 1. The van der Waals surface area contributed by atoms with Crippen LogP contribution >= 0.6 is 0 Å². The highest BCUT2D eigenvalue weighted by atomic mass is 19.1.